The molecule has 0 spiro atoms. The van der Waals surface area contributed by atoms with Gasteiger partial charge in [-0.25, -0.2) is 0 Å². The Morgan fingerprint density at radius 2 is 1.90 bits per heavy atom. The number of carbonyl (C=O) groups excluding carboxylic acids is 1. The minimum Gasteiger partial charge on any atom is -0.481 e. The molecule has 0 aromatic carbocycles. The molecule has 0 aromatic rings. The smallest absolute Gasteiger partial charge is 0.392 e. The number of halogens is 3. The first-order valence-electron chi connectivity index (χ1n) is 7.34. The highest BCUT2D eigenvalue weighted by atomic mass is 19.4. The van der Waals surface area contributed by atoms with Crippen LogP contribution in [0.2, 0.25) is 0 Å². The van der Waals surface area contributed by atoms with E-state index < -0.39 is 35.8 Å². The summed E-state index contributed by atoms with van der Waals surface area (Å²) >= 11 is 0. The van der Waals surface area contributed by atoms with Crippen LogP contribution in [0.1, 0.15) is 45.4 Å². The molecule has 1 aliphatic carbocycles. The van der Waals surface area contributed by atoms with Crippen LogP contribution in [0.4, 0.5) is 13.2 Å². The number of nitrogens with one attached hydrogen (secondary N) is 1. The molecule has 122 valence electrons. The van der Waals surface area contributed by atoms with Crippen LogP contribution in [0.25, 0.3) is 0 Å². The van der Waals surface area contributed by atoms with Crippen molar-refractivity contribution in [2.24, 2.45) is 17.8 Å². The lowest BCUT2D eigenvalue weighted by Gasteiger charge is -2.32. The Labute approximate surface area is 122 Å². The summed E-state index contributed by atoms with van der Waals surface area (Å²) in [6.07, 6.45) is -2.09. The van der Waals surface area contributed by atoms with Gasteiger partial charge in [0.1, 0.15) is 0 Å². The van der Waals surface area contributed by atoms with Gasteiger partial charge in [-0.1, -0.05) is 26.2 Å². The summed E-state index contributed by atoms with van der Waals surface area (Å²) in [5.74, 6) is -5.14. The van der Waals surface area contributed by atoms with E-state index in [1.54, 1.807) is 0 Å². The molecule has 0 aromatic heterocycles. The highest BCUT2D eigenvalue weighted by Crippen LogP contribution is 2.41. The van der Waals surface area contributed by atoms with Gasteiger partial charge in [0.2, 0.25) is 5.91 Å². The average Bonchev–Trinajstić information content (AvgIpc) is 2.41. The number of hydrogen-bond donors (Lipinski definition) is 2. The molecule has 2 N–H and O–H groups in total. The molecule has 0 aliphatic heterocycles. The van der Waals surface area contributed by atoms with Crippen molar-refractivity contribution in [3.05, 3.63) is 0 Å². The highest BCUT2D eigenvalue weighted by Gasteiger charge is 2.48. The SMILES string of the molecule is CCCC(CNC(=O)C1CCCCC1C(F)(F)F)C(=O)O. The van der Waals surface area contributed by atoms with Gasteiger partial charge in [0.25, 0.3) is 0 Å². The Bertz CT molecular complexity index is 371. The van der Waals surface area contributed by atoms with E-state index in [-0.39, 0.29) is 19.4 Å². The molecule has 1 fully saturated rings. The van der Waals surface area contributed by atoms with Gasteiger partial charge in [0.05, 0.1) is 11.8 Å². The van der Waals surface area contributed by atoms with Crippen molar-refractivity contribution in [3.63, 3.8) is 0 Å². The van der Waals surface area contributed by atoms with Crippen LogP contribution in [-0.4, -0.2) is 29.7 Å². The quantitative estimate of drug-likeness (QED) is 0.792. The minimum atomic E-state index is -4.38. The van der Waals surface area contributed by atoms with Gasteiger partial charge >= 0.3 is 12.1 Å². The molecule has 0 radical (unpaired) electrons. The van der Waals surface area contributed by atoms with Gasteiger partial charge < -0.3 is 10.4 Å². The van der Waals surface area contributed by atoms with Crippen LogP contribution in [0.15, 0.2) is 0 Å². The summed E-state index contributed by atoms with van der Waals surface area (Å²) in [5.41, 5.74) is 0. The maximum Gasteiger partial charge on any atom is 0.392 e. The van der Waals surface area contributed by atoms with Crippen molar-refractivity contribution < 1.29 is 27.9 Å². The third-order valence-electron chi connectivity index (χ3n) is 4.03. The van der Waals surface area contributed by atoms with Gasteiger partial charge in [0, 0.05) is 12.5 Å². The number of alkyl halides is 3. The molecule has 21 heavy (non-hydrogen) atoms. The van der Waals surface area contributed by atoms with E-state index in [9.17, 15) is 22.8 Å². The van der Waals surface area contributed by atoms with Crippen LogP contribution in [0, 0.1) is 17.8 Å². The van der Waals surface area contributed by atoms with Gasteiger partial charge in [-0.2, -0.15) is 13.2 Å². The molecule has 7 heteroatoms. The highest BCUT2D eigenvalue weighted by molar-refractivity contribution is 5.80. The average molecular weight is 309 g/mol. The van der Waals surface area contributed by atoms with E-state index >= 15 is 0 Å². The zero-order valence-corrected chi connectivity index (χ0v) is 12.1. The molecule has 0 bridgehead atoms. The normalized spacial score (nSPS) is 24.4. The van der Waals surface area contributed by atoms with E-state index in [2.05, 4.69) is 5.32 Å². The van der Waals surface area contributed by atoms with Gasteiger partial charge in [-0.15, -0.1) is 0 Å². The Balaban J connectivity index is 2.62. The van der Waals surface area contributed by atoms with E-state index in [1.807, 2.05) is 6.92 Å². The number of amides is 1. The molecule has 1 aliphatic rings. The fraction of sp³-hybridized carbons (Fsp3) is 0.857. The van der Waals surface area contributed by atoms with Crippen molar-refractivity contribution in [1.29, 1.82) is 0 Å². The van der Waals surface area contributed by atoms with Crippen molar-refractivity contribution in [2.75, 3.05) is 6.54 Å². The van der Waals surface area contributed by atoms with E-state index in [4.69, 9.17) is 5.11 Å². The molecule has 4 nitrogen and oxygen atoms in total. The van der Waals surface area contributed by atoms with Crippen molar-refractivity contribution >= 4 is 11.9 Å². The first-order chi connectivity index (χ1) is 9.77. The maximum absolute atomic E-state index is 12.9. The Morgan fingerprint density at radius 3 is 2.43 bits per heavy atom. The second-order valence-corrected chi connectivity index (χ2v) is 5.61. The summed E-state index contributed by atoms with van der Waals surface area (Å²) in [6, 6.07) is 0. The van der Waals surface area contributed by atoms with Gasteiger partial charge in [-0.3, -0.25) is 9.59 Å². The molecule has 1 saturated carbocycles. The van der Waals surface area contributed by atoms with Gasteiger partial charge in [0.15, 0.2) is 0 Å². The molecule has 1 amide bonds. The third-order valence-corrected chi connectivity index (χ3v) is 4.03. The van der Waals surface area contributed by atoms with Crippen LogP contribution in [0.3, 0.4) is 0 Å². The second kappa shape index (κ2) is 7.66. The predicted molar refractivity (Wildman–Crippen MR) is 70.5 cm³/mol. The zero-order valence-electron chi connectivity index (χ0n) is 12.1. The molecular formula is C14H22F3NO3. The predicted octanol–water partition coefficient (Wildman–Crippen LogP) is 2.97. The maximum atomic E-state index is 12.9. The number of carboxylic acid groups (broad SMARTS) is 1. The molecule has 0 saturated heterocycles. The first-order valence-corrected chi connectivity index (χ1v) is 7.34. The zero-order chi connectivity index (χ0) is 16.0. The molecule has 1 rings (SSSR count). The standard InChI is InChI=1S/C14H22F3NO3/c1-2-5-9(13(20)21)8-18-12(19)10-6-3-4-7-11(10)14(15,16)17/h9-11H,2-8H2,1H3,(H,18,19)(H,20,21). The number of carboxylic acids is 1. The van der Waals surface area contributed by atoms with Crippen molar-refractivity contribution in [2.45, 2.75) is 51.6 Å². The fourth-order valence-corrected chi connectivity index (χ4v) is 2.85. The molecular weight excluding hydrogens is 287 g/mol. The van der Waals surface area contributed by atoms with Crippen LogP contribution >= 0.6 is 0 Å². The van der Waals surface area contributed by atoms with Crippen LogP contribution in [0.5, 0.6) is 0 Å². The second-order valence-electron chi connectivity index (χ2n) is 5.61. The van der Waals surface area contributed by atoms with Crippen molar-refractivity contribution in [1.82, 2.24) is 5.32 Å². The molecule has 3 atom stereocenters. The number of hydrogen-bond acceptors (Lipinski definition) is 2. The number of rotatable bonds is 6. The summed E-state index contributed by atoms with van der Waals surface area (Å²) in [7, 11) is 0. The van der Waals surface area contributed by atoms with Crippen LogP contribution in [-0.2, 0) is 9.59 Å². The molecule has 0 heterocycles. The number of carbonyl (C=O) groups is 2. The Hall–Kier alpha value is -1.27. The Morgan fingerprint density at radius 1 is 1.29 bits per heavy atom. The monoisotopic (exact) mass is 309 g/mol. The van der Waals surface area contributed by atoms with E-state index in [0.29, 0.717) is 25.7 Å². The topological polar surface area (TPSA) is 66.4 Å². The molecule has 3 unspecified atom stereocenters. The lowest BCUT2D eigenvalue weighted by Crippen LogP contribution is -2.44. The van der Waals surface area contributed by atoms with Crippen LogP contribution < -0.4 is 5.32 Å². The summed E-state index contributed by atoms with van der Waals surface area (Å²) in [5, 5.41) is 11.4. The summed E-state index contributed by atoms with van der Waals surface area (Å²) in [4.78, 5) is 23.0. The lowest BCUT2D eigenvalue weighted by molar-refractivity contribution is -0.198. The van der Waals surface area contributed by atoms with E-state index in [1.165, 1.54) is 0 Å². The minimum absolute atomic E-state index is 0.0289. The summed E-state index contributed by atoms with van der Waals surface area (Å²) in [6.45, 7) is 1.71. The Kier molecular flexibility index (Phi) is 6.48. The first kappa shape index (κ1) is 17.8. The number of aliphatic carboxylic acids is 1. The third kappa shape index (κ3) is 5.21. The van der Waals surface area contributed by atoms with E-state index in [0.717, 1.165) is 0 Å². The summed E-state index contributed by atoms with van der Waals surface area (Å²) < 4.78 is 38.8. The fourth-order valence-electron chi connectivity index (χ4n) is 2.85. The largest absolute Gasteiger partial charge is 0.481 e. The van der Waals surface area contributed by atoms with Gasteiger partial charge in [-0.05, 0) is 19.3 Å². The van der Waals surface area contributed by atoms with Crippen molar-refractivity contribution in [3.8, 4) is 0 Å². The lowest BCUT2D eigenvalue weighted by atomic mass is 9.78.